The minimum absolute atomic E-state index is 0.00882. The van der Waals surface area contributed by atoms with Crippen molar-refractivity contribution in [1.29, 1.82) is 0 Å². The van der Waals surface area contributed by atoms with Crippen LogP contribution in [-0.4, -0.2) is 45.7 Å². The van der Waals surface area contributed by atoms with Crippen LogP contribution in [0.25, 0.3) is 0 Å². The standard InChI is InChI=1S/C20H32O5/c1-13(7-10-21)5-6-15-14(12-22)11-16(23)17-19(15,2)8-4-9-20(17,3)18(24)25/h7,11,15-17,21-23H,4-6,8-10,12H2,1-3H3,(H,24,25)/b13-7+/t15-,16+,17+,19+,20-/m0/s1. The lowest BCUT2D eigenvalue weighted by Crippen LogP contribution is -2.57. The molecule has 5 atom stereocenters. The smallest absolute Gasteiger partial charge is 0.309 e. The highest BCUT2D eigenvalue weighted by Crippen LogP contribution is 2.60. The van der Waals surface area contributed by atoms with Crippen LogP contribution >= 0.6 is 0 Å². The minimum Gasteiger partial charge on any atom is -0.481 e. The molecule has 5 nitrogen and oxygen atoms in total. The number of rotatable bonds is 6. The number of hydrogen-bond acceptors (Lipinski definition) is 4. The number of carboxylic acid groups (broad SMARTS) is 1. The van der Waals surface area contributed by atoms with Gasteiger partial charge in [-0.25, -0.2) is 0 Å². The molecule has 2 aliphatic rings. The van der Waals surface area contributed by atoms with Crippen LogP contribution in [0.3, 0.4) is 0 Å². The number of carboxylic acids is 1. The molecule has 25 heavy (non-hydrogen) atoms. The highest BCUT2D eigenvalue weighted by Gasteiger charge is 2.59. The molecular formula is C20H32O5. The Morgan fingerprint density at radius 1 is 1.32 bits per heavy atom. The lowest BCUT2D eigenvalue weighted by molar-refractivity contribution is -0.171. The van der Waals surface area contributed by atoms with Gasteiger partial charge >= 0.3 is 5.97 Å². The van der Waals surface area contributed by atoms with E-state index in [1.54, 1.807) is 19.1 Å². The highest BCUT2D eigenvalue weighted by molar-refractivity contribution is 5.75. The fourth-order valence-corrected chi connectivity index (χ4v) is 5.44. The van der Waals surface area contributed by atoms with Crippen molar-refractivity contribution >= 4 is 5.97 Å². The van der Waals surface area contributed by atoms with Gasteiger partial charge in [0, 0.05) is 5.92 Å². The van der Waals surface area contributed by atoms with Crippen LogP contribution in [0, 0.1) is 22.7 Å². The monoisotopic (exact) mass is 352 g/mol. The predicted octanol–water partition coefficient (Wildman–Crippen LogP) is 2.51. The van der Waals surface area contributed by atoms with E-state index in [4.69, 9.17) is 5.11 Å². The van der Waals surface area contributed by atoms with Crippen molar-refractivity contribution in [2.75, 3.05) is 13.2 Å². The number of allylic oxidation sites excluding steroid dienone is 1. The Morgan fingerprint density at radius 3 is 2.56 bits per heavy atom. The molecule has 142 valence electrons. The van der Waals surface area contributed by atoms with Crippen LogP contribution in [0.5, 0.6) is 0 Å². The molecule has 1 saturated carbocycles. The van der Waals surface area contributed by atoms with Gasteiger partial charge in [-0.1, -0.05) is 31.1 Å². The third-order valence-electron chi connectivity index (χ3n) is 6.72. The number of fused-ring (bicyclic) bond motifs is 1. The number of aliphatic hydroxyl groups excluding tert-OH is 3. The zero-order chi connectivity index (χ0) is 18.8. The lowest BCUT2D eigenvalue weighted by atomic mass is 9.47. The Morgan fingerprint density at radius 2 is 2.00 bits per heavy atom. The Kier molecular flexibility index (Phi) is 6.13. The average Bonchev–Trinajstić information content (AvgIpc) is 2.53. The van der Waals surface area contributed by atoms with Gasteiger partial charge < -0.3 is 20.4 Å². The topological polar surface area (TPSA) is 98.0 Å². The van der Waals surface area contributed by atoms with Crippen molar-refractivity contribution < 1.29 is 25.2 Å². The van der Waals surface area contributed by atoms with Crippen LogP contribution in [0.15, 0.2) is 23.3 Å². The van der Waals surface area contributed by atoms with Crippen molar-refractivity contribution in [2.45, 2.75) is 59.0 Å². The molecule has 0 bridgehead atoms. The van der Waals surface area contributed by atoms with Gasteiger partial charge in [0.15, 0.2) is 0 Å². The van der Waals surface area contributed by atoms with Gasteiger partial charge in [0.1, 0.15) is 0 Å². The molecule has 0 aromatic carbocycles. The highest BCUT2D eigenvalue weighted by atomic mass is 16.4. The maximum atomic E-state index is 12.0. The van der Waals surface area contributed by atoms with Crippen molar-refractivity contribution in [3.8, 4) is 0 Å². The largest absolute Gasteiger partial charge is 0.481 e. The van der Waals surface area contributed by atoms with E-state index in [1.807, 2.05) is 6.92 Å². The molecule has 0 radical (unpaired) electrons. The van der Waals surface area contributed by atoms with Crippen LogP contribution < -0.4 is 0 Å². The molecule has 0 heterocycles. The first-order chi connectivity index (χ1) is 11.7. The quantitative estimate of drug-likeness (QED) is 0.551. The summed E-state index contributed by atoms with van der Waals surface area (Å²) in [6, 6.07) is 0. The lowest BCUT2D eigenvalue weighted by Gasteiger charge is -2.57. The predicted molar refractivity (Wildman–Crippen MR) is 95.9 cm³/mol. The minimum atomic E-state index is -0.960. The van der Waals surface area contributed by atoms with E-state index in [1.165, 1.54) is 0 Å². The van der Waals surface area contributed by atoms with Gasteiger partial charge in [-0.15, -0.1) is 0 Å². The van der Waals surface area contributed by atoms with Crippen LogP contribution in [0.1, 0.15) is 52.9 Å². The molecule has 0 saturated heterocycles. The van der Waals surface area contributed by atoms with Crippen molar-refractivity contribution in [3.63, 3.8) is 0 Å². The number of aliphatic carboxylic acids is 1. The van der Waals surface area contributed by atoms with E-state index in [0.29, 0.717) is 6.42 Å². The maximum Gasteiger partial charge on any atom is 0.309 e. The number of aliphatic hydroxyl groups is 3. The van der Waals surface area contributed by atoms with E-state index in [9.17, 15) is 20.1 Å². The molecule has 0 spiro atoms. The van der Waals surface area contributed by atoms with Crippen LogP contribution in [-0.2, 0) is 4.79 Å². The average molecular weight is 352 g/mol. The molecule has 5 heteroatoms. The summed E-state index contributed by atoms with van der Waals surface area (Å²) in [6.45, 7) is 5.70. The Balaban J connectivity index is 2.42. The fraction of sp³-hybridized carbons (Fsp3) is 0.750. The second-order valence-electron chi connectivity index (χ2n) is 8.27. The number of carbonyl (C=O) groups is 1. The molecule has 4 N–H and O–H groups in total. The Bertz CT molecular complexity index is 566. The summed E-state index contributed by atoms with van der Waals surface area (Å²) in [7, 11) is 0. The molecule has 0 aromatic heterocycles. The molecule has 0 aliphatic heterocycles. The summed E-state index contributed by atoms with van der Waals surface area (Å²) in [5.41, 5.74) is 0.579. The molecule has 0 amide bonds. The number of hydrogen-bond donors (Lipinski definition) is 4. The molecule has 1 fully saturated rings. The van der Waals surface area contributed by atoms with E-state index in [0.717, 1.165) is 36.8 Å². The van der Waals surface area contributed by atoms with Gasteiger partial charge in [-0.3, -0.25) is 4.79 Å². The molecule has 0 unspecified atom stereocenters. The molecule has 2 aliphatic carbocycles. The van der Waals surface area contributed by atoms with E-state index in [2.05, 4.69) is 6.92 Å². The van der Waals surface area contributed by atoms with Gasteiger partial charge in [0.05, 0.1) is 24.7 Å². The van der Waals surface area contributed by atoms with Gasteiger partial charge in [0.2, 0.25) is 0 Å². The van der Waals surface area contributed by atoms with Crippen molar-refractivity contribution in [3.05, 3.63) is 23.3 Å². The molecule has 0 aromatic rings. The fourth-order valence-electron chi connectivity index (χ4n) is 5.44. The first kappa shape index (κ1) is 20.1. The SMILES string of the molecule is C/C(=C\CO)CC[C@H]1C(CO)=C[C@@H](O)[C@@H]2[C@]1(C)CCC[C@]2(C)C(=O)O. The normalized spacial score (nSPS) is 38.9. The first-order valence-corrected chi connectivity index (χ1v) is 9.20. The summed E-state index contributed by atoms with van der Waals surface area (Å²) in [5, 5.41) is 39.5. The summed E-state index contributed by atoms with van der Waals surface area (Å²) < 4.78 is 0. The van der Waals surface area contributed by atoms with E-state index >= 15 is 0 Å². The third kappa shape index (κ3) is 3.55. The van der Waals surface area contributed by atoms with Gasteiger partial charge in [-0.2, -0.15) is 0 Å². The Labute approximate surface area is 150 Å². The van der Waals surface area contributed by atoms with Crippen molar-refractivity contribution in [1.82, 2.24) is 0 Å². The summed E-state index contributed by atoms with van der Waals surface area (Å²) in [4.78, 5) is 12.0. The van der Waals surface area contributed by atoms with Crippen LogP contribution in [0.4, 0.5) is 0 Å². The Hall–Kier alpha value is -1.17. The summed E-state index contributed by atoms with van der Waals surface area (Å²) in [5.74, 6) is -1.18. The molecule has 2 rings (SSSR count). The maximum absolute atomic E-state index is 12.0. The second kappa shape index (κ2) is 7.60. The van der Waals surface area contributed by atoms with Crippen LogP contribution in [0.2, 0.25) is 0 Å². The van der Waals surface area contributed by atoms with E-state index in [-0.39, 0.29) is 30.5 Å². The third-order valence-corrected chi connectivity index (χ3v) is 6.72. The van der Waals surface area contributed by atoms with Gasteiger partial charge in [-0.05, 0) is 56.4 Å². The second-order valence-corrected chi connectivity index (χ2v) is 8.27. The summed E-state index contributed by atoms with van der Waals surface area (Å²) in [6.07, 6.45) is 6.41. The van der Waals surface area contributed by atoms with Crippen molar-refractivity contribution in [2.24, 2.45) is 22.7 Å². The molecular weight excluding hydrogens is 320 g/mol. The zero-order valence-electron chi connectivity index (χ0n) is 15.5. The van der Waals surface area contributed by atoms with E-state index < -0.39 is 17.5 Å². The summed E-state index contributed by atoms with van der Waals surface area (Å²) >= 11 is 0. The zero-order valence-corrected chi connectivity index (χ0v) is 15.5. The van der Waals surface area contributed by atoms with Gasteiger partial charge in [0.25, 0.3) is 0 Å². The first-order valence-electron chi connectivity index (χ1n) is 9.20.